The van der Waals surface area contributed by atoms with Crippen LogP contribution in [0.2, 0.25) is 0 Å². The van der Waals surface area contributed by atoms with Crippen molar-refractivity contribution in [2.45, 2.75) is 64.3 Å². The predicted octanol–water partition coefficient (Wildman–Crippen LogP) is 4.92. The number of rotatable bonds is 2. The molecule has 0 amide bonds. The first-order valence-corrected chi connectivity index (χ1v) is 10.4. The second-order valence-corrected chi connectivity index (χ2v) is 8.50. The van der Waals surface area contributed by atoms with Gasteiger partial charge in [0.05, 0.1) is 0 Å². The van der Waals surface area contributed by atoms with Crippen LogP contribution in [0.1, 0.15) is 69.9 Å². The molecular weight excluding hydrogens is 348 g/mol. The molecule has 2 aliphatic carbocycles. The summed E-state index contributed by atoms with van der Waals surface area (Å²) in [6.07, 6.45) is 6.91. The molecule has 0 unspecified atom stereocenters. The van der Waals surface area contributed by atoms with E-state index in [9.17, 15) is 9.59 Å². The lowest BCUT2D eigenvalue weighted by Crippen LogP contribution is -2.36. The highest BCUT2D eigenvalue weighted by Crippen LogP contribution is 2.47. The van der Waals surface area contributed by atoms with E-state index in [4.69, 9.17) is 0 Å². The molecule has 1 aromatic carbocycles. The molecule has 0 saturated carbocycles. The van der Waals surface area contributed by atoms with E-state index in [1.54, 1.807) is 0 Å². The fourth-order valence-electron chi connectivity index (χ4n) is 5.18. The van der Waals surface area contributed by atoms with Gasteiger partial charge in [-0.05, 0) is 51.2 Å². The Labute approximate surface area is 165 Å². The maximum atomic E-state index is 13.0. The lowest BCUT2D eigenvalue weighted by atomic mass is 9.71. The summed E-state index contributed by atoms with van der Waals surface area (Å²) in [7, 11) is 0. The lowest BCUT2D eigenvalue weighted by molar-refractivity contribution is -0.116. The molecule has 5 rings (SSSR count). The largest absolute Gasteiger partial charge is 0.362 e. The number of benzene rings is 1. The van der Waals surface area contributed by atoms with Crippen LogP contribution < -0.4 is 5.32 Å². The molecule has 0 bridgehead atoms. The van der Waals surface area contributed by atoms with Crippen molar-refractivity contribution in [3.8, 4) is 0 Å². The Morgan fingerprint density at radius 2 is 1.54 bits per heavy atom. The Morgan fingerprint density at radius 1 is 0.929 bits per heavy atom. The zero-order valence-corrected chi connectivity index (χ0v) is 16.5. The summed E-state index contributed by atoms with van der Waals surface area (Å²) < 4.78 is 2.27. The van der Waals surface area contributed by atoms with Gasteiger partial charge in [-0.15, -0.1) is 0 Å². The minimum Gasteiger partial charge on any atom is -0.362 e. The van der Waals surface area contributed by atoms with Crippen LogP contribution in [0, 0.1) is 0 Å². The summed E-state index contributed by atoms with van der Waals surface area (Å²) in [5.74, 6) is 0.173. The molecule has 4 heteroatoms. The van der Waals surface area contributed by atoms with Crippen LogP contribution in [0.3, 0.4) is 0 Å². The number of nitrogens with zero attached hydrogens (tertiary/aromatic N) is 1. The molecule has 0 fully saturated rings. The number of para-hydroxylation sites is 1. The Morgan fingerprint density at radius 3 is 2.14 bits per heavy atom. The number of Topliss-reactive ketones (excluding diaryl/α,β-unsaturated/α-hetero) is 2. The van der Waals surface area contributed by atoms with Crippen LogP contribution in [0.15, 0.2) is 53.0 Å². The van der Waals surface area contributed by atoms with Gasteiger partial charge in [0, 0.05) is 64.4 Å². The van der Waals surface area contributed by atoms with Crippen LogP contribution >= 0.6 is 0 Å². The SMILES string of the molecule is CC(C)n1cc(C2C3=C(CCCC3=O)NC3=C2C(=O)CCC3)c2ccccc21. The summed E-state index contributed by atoms with van der Waals surface area (Å²) in [4.78, 5) is 26.1. The number of dihydropyridines is 1. The number of aromatic nitrogens is 1. The van der Waals surface area contributed by atoms with Crippen molar-refractivity contribution < 1.29 is 9.59 Å². The average molecular weight is 374 g/mol. The van der Waals surface area contributed by atoms with Crippen LogP contribution in [0.25, 0.3) is 10.9 Å². The van der Waals surface area contributed by atoms with Crippen molar-refractivity contribution in [1.82, 2.24) is 9.88 Å². The van der Waals surface area contributed by atoms with Crippen molar-refractivity contribution in [3.05, 3.63) is 58.6 Å². The molecule has 3 aliphatic rings. The molecule has 4 nitrogen and oxygen atoms in total. The fraction of sp³-hybridized carbons (Fsp3) is 0.417. The van der Waals surface area contributed by atoms with Crippen LogP contribution in [-0.4, -0.2) is 16.1 Å². The molecule has 2 aromatic rings. The standard InChI is InChI=1S/C24H26N2O2/c1-14(2)26-13-16(15-7-3-4-10-19(15)26)22-23-17(8-5-11-20(23)27)25-18-9-6-12-21(28)24(18)22/h3-4,7,10,13-14,22,25H,5-6,8-9,11-12H2,1-2H3. The topological polar surface area (TPSA) is 51.1 Å². The number of nitrogens with one attached hydrogen (secondary N) is 1. The van der Waals surface area contributed by atoms with Gasteiger partial charge in [0.25, 0.3) is 0 Å². The highest BCUT2D eigenvalue weighted by Gasteiger charge is 2.41. The molecule has 1 aliphatic heterocycles. The third kappa shape index (κ3) is 2.50. The first-order valence-electron chi connectivity index (χ1n) is 10.4. The Balaban J connectivity index is 1.80. The minimum absolute atomic E-state index is 0.199. The zero-order chi connectivity index (χ0) is 19.4. The molecule has 0 atom stereocenters. The molecule has 2 heterocycles. The fourth-order valence-corrected chi connectivity index (χ4v) is 5.18. The van der Waals surface area contributed by atoms with Gasteiger partial charge in [0.1, 0.15) is 0 Å². The normalized spacial score (nSPS) is 20.7. The second kappa shape index (κ2) is 6.47. The number of carbonyl (C=O) groups is 2. The summed E-state index contributed by atoms with van der Waals surface area (Å²) in [5.41, 5.74) is 6.06. The summed E-state index contributed by atoms with van der Waals surface area (Å²) in [6, 6.07) is 8.68. The van der Waals surface area contributed by atoms with E-state index in [0.717, 1.165) is 59.2 Å². The maximum absolute atomic E-state index is 13.0. The Bertz CT molecular complexity index is 1030. The summed E-state index contributed by atoms with van der Waals surface area (Å²) in [5, 5.41) is 4.66. The van der Waals surface area contributed by atoms with Gasteiger partial charge in [-0.25, -0.2) is 0 Å². The summed E-state index contributed by atoms with van der Waals surface area (Å²) in [6.45, 7) is 4.34. The first kappa shape index (κ1) is 17.5. The highest BCUT2D eigenvalue weighted by molar-refractivity contribution is 6.07. The van der Waals surface area contributed by atoms with E-state index >= 15 is 0 Å². The van der Waals surface area contributed by atoms with Gasteiger partial charge < -0.3 is 9.88 Å². The quantitative estimate of drug-likeness (QED) is 0.811. The van der Waals surface area contributed by atoms with Gasteiger partial charge in [-0.2, -0.15) is 0 Å². The molecular formula is C24H26N2O2. The van der Waals surface area contributed by atoms with Crippen LogP contribution in [0.4, 0.5) is 0 Å². The third-order valence-electron chi connectivity index (χ3n) is 6.43. The van der Waals surface area contributed by atoms with Crippen molar-refractivity contribution >= 4 is 22.5 Å². The molecule has 0 spiro atoms. The van der Waals surface area contributed by atoms with E-state index < -0.39 is 0 Å². The summed E-state index contributed by atoms with van der Waals surface area (Å²) >= 11 is 0. The van der Waals surface area contributed by atoms with Crippen molar-refractivity contribution in [3.63, 3.8) is 0 Å². The molecule has 0 saturated heterocycles. The van der Waals surface area contributed by atoms with Gasteiger partial charge in [-0.1, -0.05) is 18.2 Å². The van der Waals surface area contributed by atoms with Gasteiger partial charge in [0.2, 0.25) is 0 Å². The number of ketones is 2. The van der Waals surface area contributed by atoms with E-state index in [1.807, 2.05) is 6.07 Å². The van der Waals surface area contributed by atoms with Gasteiger partial charge in [-0.3, -0.25) is 9.59 Å². The van der Waals surface area contributed by atoms with E-state index in [2.05, 4.69) is 48.1 Å². The second-order valence-electron chi connectivity index (χ2n) is 8.50. The van der Waals surface area contributed by atoms with Crippen LogP contribution in [-0.2, 0) is 9.59 Å². The van der Waals surface area contributed by atoms with Crippen molar-refractivity contribution in [2.75, 3.05) is 0 Å². The predicted molar refractivity (Wildman–Crippen MR) is 110 cm³/mol. The van der Waals surface area contributed by atoms with Gasteiger partial charge >= 0.3 is 0 Å². The number of allylic oxidation sites excluding steroid dienone is 4. The monoisotopic (exact) mass is 374 g/mol. The smallest absolute Gasteiger partial charge is 0.161 e. The lowest BCUT2D eigenvalue weighted by Gasteiger charge is -2.37. The molecule has 0 radical (unpaired) electrons. The number of fused-ring (bicyclic) bond motifs is 1. The number of hydrogen-bond donors (Lipinski definition) is 1. The molecule has 1 N–H and O–H groups in total. The van der Waals surface area contributed by atoms with E-state index in [0.29, 0.717) is 18.9 Å². The maximum Gasteiger partial charge on any atom is 0.161 e. The number of carbonyl (C=O) groups excluding carboxylic acids is 2. The zero-order valence-electron chi connectivity index (χ0n) is 16.5. The highest BCUT2D eigenvalue weighted by atomic mass is 16.1. The molecule has 144 valence electrons. The number of hydrogen-bond acceptors (Lipinski definition) is 3. The van der Waals surface area contributed by atoms with Crippen LogP contribution in [0.5, 0.6) is 0 Å². The third-order valence-corrected chi connectivity index (χ3v) is 6.43. The van der Waals surface area contributed by atoms with Gasteiger partial charge in [0.15, 0.2) is 11.6 Å². The van der Waals surface area contributed by atoms with E-state index in [-0.39, 0.29) is 17.5 Å². The van der Waals surface area contributed by atoms with Crippen molar-refractivity contribution in [1.29, 1.82) is 0 Å². The van der Waals surface area contributed by atoms with Crippen molar-refractivity contribution in [2.24, 2.45) is 0 Å². The molecule has 1 aromatic heterocycles. The average Bonchev–Trinajstić information content (AvgIpc) is 3.07. The Kier molecular flexibility index (Phi) is 4.04. The molecule has 28 heavy (non-hydrogen) atoms. The minimum atomic E-state index is -0.225. The Hall–Kier alpha value is -2.62. The first-order chi connectivity index (χ1) is 13.6. The van der Waals surface area contributed by atoms with E-state index in [1.165, 1.54) is 5.52 Å².